The van der Waals surface area contributed by atoms with Crippen LogP contribution in [0.25, 0.3) is 0 Å². The normalized spacial score (nSPS) is 19.5. The number of hydrogen-bond acceptors (Lipinski definition) is 7. The molecule has 0 aromatic heterocycles. The van der Waals surface area contributed by atoms with E-state index in [1.807, 2.05) is 14.7 Å². The van der Waals surface area contributed by atoms with Crippen molar-refractivity contribution in [3.05, 3.63) is 0 Å². The molecule has 0 bridgehead atoms. The van der Waals surface area contributed by atoms with Gasteiger partial charge in [0.05, 0.1) is 25.4 Å². The standard InChI is InChI=1S/C19H37NO2.2C18H35NO2.C18H35NO/c1-18(2,3)12-8-7-9-16(19(4,5)6)17(22)20-13-10-15(21)11-14-20;1-17(2,3)11-8-7-9-15(18(4,5)6)16(21)19-12-10-14(20)13-19;1-17(2,3)10-8-7-9-15(18(4,5)6)16(20)19-11-13-21-14-12-19;1-17(2,3)12-8-7-11-15(18(4,5)6)16(20)19-13-9-10-14-19/h15-16,21H,7-14H2,1-6H3;14-15,20H,7-13H2,1-6H3;15H,7-14H2,1-6H3;15H,7-14H2,1-6H3. The summed E-state index contributed by atoms with van der Waals surface area (Å²) >= 11 is 0. The average molecular weight is 1190 g/mol. The molecule has 2 N–H and O–H groups in total. The molecule has 84 heavy (non-hydrogen) atoms. The maximum absolute atomic E-state index is 12.9. The summed E-state index contributed by atoms with van der Waals surface area (Å²) in [4.78, 5) is 59.1. The fourth-order valence-corrected chi connectivity index (χ4v) is 12.4. The lowest BCUT2D eigenvalue weighted by atomic mass is 9.76. The van der Waals surface area contributed by atoms with Gasteiger partial charge in [0.2, 0.25) is 23.6 Å². The molecule has 0 aromatic rings. The predicted molar refractivity (Wildman–Crippen MR) is 356 cm³/mol. The van der Waals surface area contributed by atoms with Crippen LogP contribution in [0.5, 0.6) is 0 Å². The topological polar surface area (TPSA) is 131 Å². The van der Waals surface area contributed by atoms with Crippen LogP contribution in [-0.4, -0.2) is 131 Å². The number of aliphatic hydroxyl groups is 2. The van der Waals surface area contributed by atoms with Crippen LogP contribution >= 0.6 is 0 Å². The number of amides is 4. The van der Waals surface area contributed by atoms with E-state index in [0.717, 1.165) is 90.4 Å². The van der Waals surface area contributed by atoms with E-state index in [2.05, 4.69) is 171 Å². The van der Waals surface area contributed by atoms with E-state index >= 15 is 0 Å². The predicted octanol–water partition coefficient (Wildman–Crippen LogP) is 17.1. The fraction of sp³-hybridized carbons (Fsp3) is 0.945. The van der Waals surface area contributed by atoms with Crippen molar-refractivity contribution < 1.29 is 34.1 Å². The molecule has 0 radical (unpaired) electrons. The summed E-state index contributed by atoms with van der Waals surface area (Å²) in [6.45, 7) is 61.1. The molecular weight excluding hydrogens is 1040 g/mol. The molecule has 4 aliphatic heterocycles. The number of rotatable bonds is 20. The minimum absolute atomic E-state index is 0.00758. The number of ether oxygens (including phenoxy) is 1. The molecule has 0 aromatic carbocycles. The van der Waals surface area contributed by atoms with Crippen molar-refractivity contribution in [1.82, 2.24) is 19.6 Å². The van der Waals surface area contributed by atoms with Gasteiger partial charge in [-0.25, -0.2) is 0 Å². The van der Waals surface area contributed by atoms with Crippen LogP contribution in [0.3, 0.4) is 0 Å². The van der Waals surface area contributed by atoms with Gasteiger partial charge >= 0.3 is 0 Å². The van der Waals surface area contributed by atoms with Gasteiger partial charge in [0, 0.05) is 76.0 Å². The molecule has 496 valence electrons. The number of piperidine rings is 1. The summed E-state index contributed by atoms with van der Waals surface area (Å²) in [5.41, 5.74) is 1.69. The van der Waals surface area contributed by atoms with Gasteiger partial charge in [-0.1, -0.05) is 218 Å². The van der Waals surface area contributed by atoms with E-state index in [1.54, 1.807) is 0 Å². The first-order valence-electron chi connectivity index (χ1n) is 34.3. The van der Waals surface area contributed by atoms with E-state index in [1.165, 1.54) is 70.6 Å². The smallest absolute Gasteiger partial charge is 0.226 e. The lowest BCUT2D eigenvalue weighted by molar-refractivity contribution is -0.144. The van der Waals surface area contributed by atoms with Gasteiger partial charge in [-0.15, -0.1) is 0 Å². The number of β-amino-alcohol motifs (C(OH)–C–C–N with tert-alkyl or cyclic N) is 1. The van der Waals surface area contributed by atoms with Gasteiger partial charge in [0.15, 0.2) is 0 Å². The third-order valence-electron chi connectivity index (χ3n) is 18.0. The van der Waals surface area contributed by atoms with Crippen LogP contribution in [0.15, 0.2) is 0 Å². The van der Waals surface area contributed by atoms with Crippen molar-refractivity contribution in [3.8, 4) is 0 Å². The van der Waals surface area contributed by atoms with Crippen LogP contribution in [0, 0.1) is 67.0 Å². The second-order valence-corrected chi connectivity index (χ2v) is 35.7. The second-order valence-electron chi connectivity index (χ2n) is 35.7. The zero-order valence-electron chi connectivity index (χ0n) is 60.1. The molecule has 11 heteroatoms. The third kappa shape index (κ3) is 34.5. The number of hydrogen-bond donors (Lipinski definition) is 2. The third-order valence-corrected chi connectivity index (χ3v) is 18.0. The first-order valence-corrected chi connectivity index (χ1v) is 34.3. The highest BCUT2D eigenvalue weighted by molar-refractivity contribution is 5.81. The first kappa shape index (κ1) is 79.8. The monoisotopic (exact) mass is 1190 g/mol. The highest BCUT2D eigenvalue weighted by Crippen LogP contribution is 2.38. The number of carbonyl (C=O) groups is 4. The first-order chi connectivity index (χ1) is 38.2. The van der Waals surface area contributed by atoms with Crippen LogP contribution < -0.4 is 0 Å². The maximum atomic E-state index is 12.9. The van der Waals surface area contributed by atoms with Gasteiger partial charge in [-0.3, -0.25) is 19.2 Å². The van der Waals surface area contributed by atoms with Gasteiger partial charge < -0.3 is 34.5 Å². The second kappa shape index (κ2) is 35.8. The molecule has 0 aliphatic carbocycles. The SMILES string of the molecule is CC(C)(C)CCCCC(C(=O)N1CCC(O)C1)C(C)(C)C.CC(C)(C)CCCCC(C(=O)N1CCC(O)CC1)C(C)(C)C.CC(C)(C)CCCCC(C(=O)N1CCCC1)C(C)(C)C.CC(C)(C)CCCCC(C(=O)N1CCOCC1)C(C)(C)C. The van der Waals surface area contributed by atoms with Crippen molar-refractivity contribution in [2.45, 2.75) is 313 Å². The fourth-order valence-electron chi connectivity index (χ4n) is 12.4. The summed E-state index contributed by atoms with van der Waals surface area (Å²) in [5, 5.41) is 19.3. The minimum atomic E-state index is -0.324. The summed E-state index contributed by atoms with van der Waals surface area (Å²) in [7, 11) is 0. The molecular formula is C73H142N4O7. The van der Waals surface area contributed by atoms with E-state index < -0.39 is 0 Å². The molecule has 11 nitrogen and oxygen atoms in total. The largest absolute Gasteiger partial charge is 0.393 e. The molecule has 4 saturated heterocycles. The Kier molecular flexibility index (Phi) is 34.0. The van der Waals surface area contributed by atoms with Crippen molar-refractivity contribution in [2.24, 2.45) is 67.0 Å². The Morgan fingerprint density at radius 3 is 0.833 bits per heavy atom. The Labute approximate surface area is 520 Å². The van der Waals surface area contributed by atoms with Crippen molar-refractivity contribution in [2.75, 3.05) is 65.6 Å². The molecule has 4 aliphatic rings. The summed E-state index contributed by atoms with van der Waals surface area (Å²) < 4.78 is 5.36. The van der Waals surface area contributed by atoms with E-state index in [-0.39, 0.29) is 63.4 Å². The Morgan fingerprint density at radius 2 is 0.583 bits per heavy atom. The average Bonchev–Trinajstić information content (AvgIpc) is 4.20. The van der Waals surface area contributed by atoms with Crippen LogP contribution in [-0.2, 0) is 23.9 Å². The number of morpholine rings is 1. The van der Waals surface area contributed by atoms with Gasteiger partial charge in [-0.2, -0.15) is 0 Å². The Hall–Kier alpha value is -2.24. The molecule has 5 atom stereocenters. The zero-order valence-corrected chi connectivity index (χ0v) is 60.1. The summed E-state index contributed by atoms with van der Waals surface area (Å²) in [5.74, 6) is 1.79. The number of aliphatic hydroxyl groups excluding tert-OH is 2. The Morgan fingerprint density at radius 1 is 0.345 bits per heavy atom. The molecule has 0 saturated carbocycles. The highest BCUT2D eigenvalue weighted by Gasteiger charge is 2.39. The lowest BCUT2D eigenvalue weighted by Crippen LogP contribution is -2.46. The van der Waals surface area contributed by atoms with Crippen molar-refractivity contribution in [1.29, 1.82) is 0 Å². The number of carbonyl (C=O) groups excluding carboxylic acids is 4. The van der Waals surface area contributed by atoms with Crippen LogP contribution in [0.1, 0.15) is 301 Å². The number of unbranched alkanes of at least 4 members (excludes halogenated alkanes) is 4. The number of nitrogens with zero attached hydrogens (tertiary/aromatic N) is 4. The maximum Gasteiger partial charge on any atom is 0.226 e. The van der Waals surface area contributed by atoms with Gasteiger partial charge in [0.1, 0.15) is 0 Å². The molecule has 4 amide bonds. The molecule has 5 unspecified atom stereocenters. The Bertz CT molecular complexity index is 1790. The quantitative estimate of drug-likeness (QED) is 0.116. The van der Waals surface area contributed by atoms with Crippen LogP contribution in [0.4, 0.5) is 0 Å². The molecule has 4 heterocycles. The van der Waals surface area contributed by atoms with E-state index in [9.17, 15) is 29.4 Å². The van der Waals surface area contributed by atoms with Gasteiger partial charge in [-0.05, 0) is 127 Å². The summed E-state index contributed by atoms with van der Waals surface area (Å²) in [6.07, 6.45) is 22.3. The summed E-state index contributed by atoms with van der Waals surface area (Å²) in [6, 6.07) is 0. The van der Waals surface area contributed by atoms with E-state index in [0.29, 0.717) is 78.8 Å². The van der Waals surface area contributed by atoms with Crippen molar-refractivity contribution in [3.63, 3.8) is 0 Å². The van der Waals surface area contributed by atoms with E-state index in [4.69, 9.17) is 4.74 Å². The molecule has 0 spiro atoms. The number of likely N-dealkylation sites (tertiary alicyclic amines) is 3. The molecule has 4 fully saturated rings. The minimum Gasteiger partial charge on any atom is -0.393 e. The lowest BCUT2D eigenvalue weighted by Gasteiger charge is -2.37. The van der Waals surface area contributed by atoms with Crippen molar-refractivity contribution >= 4 is 23.6 Å². The van der Waals surface area contributed by atoms with Crippen LogP contribution in [0.2, 0.25) is 0 Å². The molecule has 4 rings (SSSR count). The zero-order chi connectivity index (χ0) is 64.7. The van der Waals surface area contributed by atoms with Gasteiger partial charge in [0.25, 0.3) is 0 Å². The Balaban J connectivity index is 0.000000560. The highest BCUT2D eigenvalue weighted by atomic mass is 16.5.